The van der Waals surface area contributed by atoms with E-state index in [4.69, 9.17) is 23.9 Å². The lowest BCUT2D eigenvalue weighted by Crippen LogP contribution is -2.38. The number of nitrogens with one attached hydrogen (secondary N) is 2. The lowest BCUT2D eigenvalue weighted by molar-refractivity contribution is 0.0322. The van der Waals surface area contributed by atoms with Crippen molar-refractivity contribution in [2.45, 2.75) is 0 Å². The van der Waals surface area contributed by atoms with Crippen LogP contribution in [0.1, 0.15) is 0 Å². The van der Waals surface area contributed by atoms with Gasteiger partial charge in [0.05, 0.1) is 29.1 Å². The molecular weight excluding hydrogens is 530 g/mol. The highest BCUT2D eigenvalue weighted by molar-refractivity contribution is 7.23. The molecule has 2 aliphatic rings. The van der Waals surface area contributed by atoms with Crippen LogP contribution in [0.3, 0.4) is 0 Å². The minimum absolute atomic E-state index is 0.189. The molecule has 204 valence electrons. The van der Waals surface area contributed by atoms with Gasteiger partial charge in [-0.2, -0.15) is 0 Å². The van der Waals surface area contributed by atoms with Crippen LogP contribution in [0.5, 0.6) is 17.2 Å². The fourth-order valence-electron chi connectivity index (χ4n) is 4.82. The third-order valence-corrected chi connectivity index (χ3v) is 7.93. The van der Waals surface area contributed by atoms with Crippen LogP contribution in [0.4, 0.5) is 16.2 Å². The van der Waals surface area contributed by atoms with E-state index in [0.29, 0.717) is 29.5 Å². The molecule has 2 aliphatic heterocycles. The normalized spacial score (nSPS) is 15.0. The van der Waals surface area contributed by atoms with E-state index in [-0.39, 0.29) is 12.8 Å². The summed E-state index contributed by atoms with van der Waals surface area (Å²) in [4.78, 5) is 20.6. The summed E-state index contributed by atoms with van der Waals surface area (Å²) in [5, 5.41) is 5.67. The van der Waals surface area contributed by atoms with Gasteiger partial charge in [0.25, 0.3) is 0 Å². The zero-order valence-electron chi connectivity index (χ0n) is 21.6. The molecule has 0 atom stereocenters. The second-order valence-corrected chi connectivity index (χ2v) is 10.5. The minimum atomic E-state index is -0.343. The summed E-state index contributed by atoms with van der Waals surface area (Å²) in [5.74, 6) is 2.15. The molecule has 0 unspecified atom stereocenters. The summed E-state index contributed by atoms with van der Waals surface area (Å²) >= 11 is 1.64. The average Bonchev–Trinajstić information content (AvgIpc) is 3.68. The van der Waals surface area contributed by atoms with Crippen LogP contribution in [-0.2, 0) is 4.74 Å². The summed E-state index contributed by atoms with van der Waals surface area (Å²) in [5.41, 5.74) is 4.23. The Labute approximate surface area is 234 Å². The zero-order chi connectivity index (χ0) is 26.9. The van der Waals surface area contributed by atoms with Crippen molar-refractivity contribution in [2.75, 3.05) is 56.9 Å². The highest BCUT2D eigenvalue weighted by Crippen LogP contribution is 2.34. The summed E-state index contributed by atoms with van der Waals surface area (Å²) in [7, 11) is 0. The molecule has 0 bridgehead atoms. The van der Waals surface area contributed by atoms with Crippen LogP contribution in [0.25, 0.3) is 26.4 Å². The molecule has 1 saturated heterocycles. The Kier molecular flexibility index (Phi) is 6.60. The number of morpholine rings is 1. The van der Waals surface area contributed by atoms with Gasteiger partial charge in [-0.25, -0.2) is 9.78 Å². The number of nitrogens with zero attached hydrogens (tertiary/aromatic N) is 3. The van der Waals surface area contributed by atoms with Gasteiger partial charge in [0.15, 0.2) is 16.5 Å². The highest BCUT2D eigenvalue weighted by atomic mass is 32.1. The first-order valence-corrected chi connectivity index (χ1v) is 13.9. The van der Waals surface area contributed by atoms with Gasteiger partial charge in [-0.15, -0.1) is 0 Å². The number of thiazole rings is 1. The molecule has 2 N–H and O–H groups in total. The summed E-state index contributed by atoms with van der Waals surface area (Å²) in [6, 6.07) is 18.7. The Morgan fingerprint density at radius 3 is 2.62 bits per heavy atom. The van der Waals surface area contributed by atoms with E-state index >= 15 is 0 Å². The third-order valence-electron chi connectivity index (χ3n) is 6.91. The maximum Gasteiger partial charge on any atom is 0.323 e. The summed E-state index contributed by atoms with van der Waals surface area (Å²) in [6.45, 7) is 5.26. The first-order valence-electron chi connectivity index (χ1n) is 13.1. The molecular formula is C29H27N5O5S. The number of rotatable bonds is 7. The number of imidazole rings is 1. The fraction of sp³-hybridized carbons (Fsp3) is 0.241. The topological polar surface area (TPSA) is 98.6 Å². The monoisotopic (exact) mass is 557 g/mol. The van der Waals surface area contributed by atoms with E-state index in [1.54, 1.807) is 29.5 Å². The Hall–Kier alpha value is -4.32. The molecule has 0 saturated carbocycles. The minimum Gasteiger partial charge on any atom is -0.492 e. The SMILES string of the molecule is O=C(Nc1ccc(-c2cn3c(n2)sc2cc(OCCN4CCOCC4)ccc23)cc1)Nc1ccc2c(c1)OCO2. The summed E-state index contributed by atoms with van der Waals surface area (Å²) in [6.07, 6.45) is 2.04. The number of fused-ring (bicyclic) bond motifs is 4. The Morgan fingerprint density at radius 1 is 0.950 bits per heavy atom. The van der Waals surface area contributed by atoms with Gasteiger partial charge in [-0.3, -0.25) is 9.30 Å². The van der Waals surface area contributed by atoms with Crippen LogP contribution in [-0.4, -0.2) is 66.6 Å². The van der Waals surface area contributed by atoms with Gasteiger partial charge in [0.2, 0.25) is 6.79 Å². The smallest absolute Gasteiger partial charge is 0.323 e. The maximum absolute atomic E-state index is 12.5. The first kappa shape index (κ1) is 24.7. The maximum atomic E-state index is 12.5. The van der Waals surface area contributed by atoms with Crippen LogP contribution < -0.4 is 24.8 Å². The quantitative estimate of drug-likeness (QED) is 0.280. The average molecular weight is 558 g/mol. The molecule has 0 aliphatic carbocycles. The van der Waals surface area contributed by atoms with Crippen molar-refractivity contribution < 1.29 is 23.7 Å². The van der Waals surface area contributed by atoms with Crippen molar-refractivity contribution >= 4 is 43.9 Å². The number of carbonyl (C=O) groups is 1. The number of urea groups is 1. The van der Waals surface area contributed by atoms with E-state index in [0.717, 1.165) is 65.0 Å². The van der Waals surface area contributed by atoms with E-state index in [1.165, 1.54) is 0 Å². The lowest BCUT2D eigenvalue weighted by atomic mass is 10.1. The molecule has 2 aromatic heterocycles. The Morgan fingerprint density at radius 2 is 1.75 bits per heavy atom. The fourth-order valence-corrected chi connectivity index (χ4v) is 5.86. The Bertz CT molecular complexity index is 1680. The van der Waals surface area contributed by atoms with Crippen LogP contribution in [0.15, 0.2) is 66.9 Å². The second kappa shape index (κ2) is 10.7. The molecule has 40 heavy (non-hydrogen) atoms. The number of benzene rings is 3. The van der Waals surface area contributed by atoms with Gasteiger partial charge in [-0.1, -0.05) is 23.5 Å². The van der Waals surface area contributed by atoms with Crippen molar-refractivity contribution in [1.82, 2.24) is 14.3 Å². The summed E-state index contributed by atoms with van der Waals surface area (Å²) < 4.78 is 25.3. The molecule has 0 radical (unpaired) electrons. The van der Waals surface area contributed by atoms with Gasteiger partial charge in [-0.05, 0) is 42.5 Å². The third kappa shape index (κ3) is 5.14. The molecule has 1 fully saturated rings. The first-order chi connectivity index (χ1) is 19.7. The Balaban J connectivity index is 0.988. The van der Waals surface area contributed by atoms with Gasteiger partial charge in [0, 0.05) is 48.8 Å². The van der Waals surface area contributed by atoms with Gasteiger partial charge in [0.1, 0.15) is 12.4 Å². The van der Waals surface area contributed by atoms with E-state index in [9.17, 15) is 4.79 Å². The lowest BCUT2D eigenvalue weighted by Gasteiger charge is -2.26. The zero-order valence-corrected chi connectivity index (χ0v) is 22.4. The molecule has 3 aromatic carbocycles. The van der Waals surface area contributed by atoms with Crippen molar-refractivity contribution in [3.8, 4) is 28.5 Å². The number of hydrogen-bond acceptors (Lipinski definition) is 8. The number of hydrogen-bond donors (Lipinski definition) is 2. The molecule has 5 aromatic rings. The molecule has 11 heteroatoms. The standard InChI is InChI=1S/C29H27N5O5S/c35-28(31-21-5-8-25-26(15-21)39-18-38-25)30-20-3-1-19(2-4-20)23-17-34-24-7-6-22(16-27(24)40-29(34)32-23)37-14-11-33-9-12-36-13-10-33/h1-8,15-17H,9-14,18H2,(H2,30,31,35). The number of carbonyl (C=O) groups excluding carboxylic acids is 1. The van der Waals surface area contributed by atoms with Crippen LogP contribution in [0, 0.1) is 0 Å². The van der Waals surface area contributed by atoms with Crippen molar-refractivity contribution in [2.24, 2.45) is 0 Å². The van der Waals surface area contributed by atoms with Gasteiger partial charge >= 0.3 is 6.03 Å². The van der Waals surface area contributed by atoms with Crippen molar-refractivity contribution in [3.05, 3.63) is 66.9 Å². The largest absolute Gasteiger partial charge is 0.492 e. The molecule has 2 amide bonds. The molecule has 4 heterocycles. The van der Waals surface area contributed by atoms with E-state index in [2.05, 4.69) is 32.1 Å². The van der Waals surface area contributed by atoms with Crippen LogP contribution in [0.2, 0.25) is 0 Å². The molecule has 0 spiro atoms. The number of aromatic nitrogens is 2. The number of amides is 2. The van der Waals surface area contributed by atoms with E-state index in [1.807, 2.05) is 36.5 Å². The van der Waals surface area contributed by atoms with E-state index < -0.39 is 0 Å². The predicted octanol–water partition coefficient (Wildman–Crippen LogP) is 5.30. The van der Waals surface area contributed by atoms with Crippen molar-refractivity contribution in [3.63, 3.8) is 0 Å². The van der Waals surface area contributed by atoms with Crippen molar-refractivity contribution in [1.29, 1.82) is 0 Å². The predicted molar refractivity (Wildman–Crippen MR) is 154 cm³/mol. The number of ether oxygens (including phenoxy) is 4. The highest BCUT2D eigenvalue weighted by Gasteiger charge is 2.15. The molecule has 10 nitrogen and oxygen atoms in total. The second-order valence-electron chi connectivity index (χ2n) is 9.54. The number of anilines is 2. The molecule has 7 rings (SSSR count). The van der Waals surface area contributed by atoms with Gasteiger partial charge < -0.3 is 29.6 Å². The van der Waals surface area contributed by atoms with Crippen LogP contribution >= 0.6 is 11.3 Å².